The molecule has 1 aliphatic rings. The number of benzene rings is 2. The number of piperazine rings is 1. The van der Waals surface area contributed by atoms with Crippen LogP contribution in [0.3, 0.4) is 0 Å². The van der Waals surface area contributed by atoms with Crippen LogP contribution in [0.25, 0.3) is 0 Å². The molecule has 0 spiro atoms. The fraction of sp³-hybridized carbons (Fsp3) is 0.333. The fourth-order valence-corrected chi connectivity index (χ4v) is 3.98. The second-order valence-electron chi connectivity index (χ2n) is 7.89. The van der Waals surface area contributed by atoms with E-state index in [1.165, 1.54) is 17.4 Å². The topological polar surface area (TPSA) is 95.8 Å². The van der Waals surface area contributed by atoms with Crippen LogP contribution in [0.2, 0.25) is 0 Å². The predicted octanol–water partition coefficient (Wildman–Crippen LogP) is 2.60. The summed E-state index contributed by atoms with van der Waals surface area (Å²) in [6.07, 6.45) is 0.515. The summed E-state index contributed by atoms with van der Waals surface area (Å²) in [7, 11) is 0. The Bertz CT molecular complexity index is 943. The lowest BCUT2D eigenvalue weighted by Gasteiger charge is -2.39. The lowest BCUT2D eigenvalue weighted by molar-refractivity contribution is 0.0591. The van der Waals surface area contributed by atoms with Crippen molar-refractivity contribution in [2.75, 3.05) is 26.2 Å². The van der Waals surface area contributed by atoms with Gasteiger partial charge < -0.3 is 20.2 Å². The average molecular weight is 421 g/mol. The van der Waals surface area contributed by atoms with E-state index in [1.807, 2.05) is 12.1 Å². The standard InChI is InChI=1S/C24H28N4O3/c1-17(29)21(25)23-26-20(16-31-23)24(30)28-14-12-27(13-15-28)22(18-8-4-2-5-9-18)19-10-6-3-7-11-19/h2-11,16-17,21-22,29H,12-15,25H2,1H3. The van der Waals surface area contributed by atoms with E-state index in [4.69, 9.17) is 10.2 Å². The summed E-state index contributed by atoms with van der Waals surface area (Å²) in [5.74, 6) is -0.00591. The highest BCUT2D eigenvalue weighted by Crippen LogP contribution is 2.29. The maximum absolute atomic E-state index is 12.9. The lowest BCUT2D eigenvalue weighted by atomic mass is 9.96. The number of hydrogen-bond acceptors (Lipinski definition) is 6. The molecule has 1 amide bonds. The minimum absolute atomic E-state index is 0.141. The van der Waals surface area contributed by atoms with Gasteiger partial charge >= 0.3 is 0 Å². The van der Waals surface area contributed by atoms with Gasteiger partial charge in [0.15, 0.2) is 5.69 Å². The zero-order valence-electron chi connectivity index (χ0n) is 17.6. The zero-order chi connectivity index (χ0) is 21.8. The Labute approximate surface area is 182 Å². The minimum atomic E-state index is -0.807. The SMILES string of the molecule is CC(O)C(N)c1nc(C(=O)N2CCN(C(c3ccccc3)c3ccccc3)CC2)co1. The average Bonchev–Trinajstić information content (AvgIpc) is 3.30. The van der Waals surface area contributed by atoms with Crippen molar-refractivity contribution in [1.82, 2.24) is 14.8 Å². The van der Waals surface area contributed by atoms with Gasteiger partial charge in [-0.2, -0.15) is 0 Å². The molecule has 0 saturated carbocycles. The smallest absolute Gasteiger partial charge is 0.275 e. The maximum Gasteiger partial charge on any atom is 0.275 e. The van der Waals surface area contributed by atoms with Crippen molar-refractivity contribution in [2.45, 2.75) is 25.1 Å². The van der Waals surface area contributed by atoms with Gasteiger partial charge in [-0.25, -0.2) is 4.98 Å². The summed E-state index contributed by atoms with van der Waals surface area (Å²) < 4.78 is 5.32. The summed E-state index contributed by atoms with van der Waals surface area (Å²) >= 11 is 0. The Hall–Kier alpha value is -3.00. The van der Waals surface area contributed by atoms with E-state index in [2.05, 4.69) is 58.4 Å². The number of hydrogen-bond donors (Lipinski definition) is 2. The molecule has 162 valence electrons. The van der Waals surface area contributed by atoms with Gasteiger partial charge in [-0.1, -0.05) is 60.7 Å². The molecule has 0 radical (unpaired) electrons. The summed E-state index contributed by atoms with van der Waals surface area (Å²) in [6.45, 7) is 4.25. The summed E-state index contributed by atoms with van der Waals surface area (Å²) in [4.78, 5) is 21.3. The molecule has 2 atom stereocenters. The van der Waals surface area contributed by atoms with Crippen molar-refractivity contribution in [3.8, 4) is 0 Å². The number of rotatable bonds is 6. The number of aromatic nitrogens is 1. The number of oxazole rings is 1. The van der Waals surface area contributed by atoms with Crippen molar-refractivity contribution < 1.29 is 14.3 Å². The molecule has 31 heavy (non-hydrogen) atoms. The number of amides is 1. The first-order valence-corrected chi connectivity index (χ1v) is 10.6. The van der Waals surface area contributed by atoms with Gasteiger partial charge in [0.1, 0.15) is 12.3 Å². The largest absolute Gasteiger partial charge is 0.446 e. The highest BCUT2D eigenvalue weighted by atomic mass is 16.3. The van der Waals surface area contributed by atoms with Crippen LogP contribution in [-0.4, -0.2) is 58.1 Å². The highest BCUT2D eigenvalue weighted by molar-refractivity contribution is 5.92. The zero-order valence-corrected chi connectivity index (χ0v) is 17.6. The Morgan fingerprint density at radius 3 is 2.06 bits per heavy atom. The van der Waals surface area contributed by atoms with Gasteiger partial charge in [-0.05, 0) is 18.1 Å². The van der Waals surface area contributed by atoms with E-state index in [0.29, 0.717) is 13.1 Å². The molecule has 0 bridgehead atoms. The highest BCUT2D eigenvalue weighted by Gasteiger charge is 2.30. The third kappa shape index (κ3) is 4.69. The van der Waals surface area contributed by atoms with Gasteiger partial charge in [0.2, 0.25) is 5.89 Å². The van der Waals surface area contributed by atoms with Crippen LogP contribution in [0.1, 0.15) is 46.5 Å². The van der Waals surface area contributed by atoms with Crippen LogP contribution < -0.4 is 5.73 Å². The molecule has 1 saturated heterocycles. The van der Waals surface area contributed by atoms with E-state index < -0.39 is 12.1 Å². The summed E-state index contributed by atoms with van der Waals surface area (Å²) in [5, 5.41) is 9.61. The van der Waals surface area contributed by atoms with E-state index in [9.17, 15) is 9.90 Å². The Kier molecular flexibility index (Phi) is 6.46. The maximum atomic E-state index is 12.9. The van der Waals surface area contributed by atoms with Crippen LogP contribution in [0.15, 0.2) is 71.3 Å². The van der Waals surface area contributed by atoms with Crippen LogP contribution in [0, 0.1) is 0 Å². The summed E-state index contributed by atoms with van der Waals surface area (Å²) in [5.41, 5.74) is 8.55. The Balaban J connectivity index is 1.46. The second kappa shape index (κ2) is 9.43. The normalized spacial score (nSPS) is 17.0. The first-order valence-electron chi connectivity index (χ1n) is 10.6. The molecular formula is C24H28N4O3. The molecule has 1 aliphatic heterocycles. The molecule has 0 aliphatic carbocycles. The molecule has 1 aromatic heterocycles. The predicted molar refractivity (Wildman–Crippen MR) is 117 cm³/mol. The number of aliphatic hydroxyl groups is 1. The van der Waals surface area contributed by atoms with Gasteiger partial charge in [0.05, 0.1) is 12.1 Å². The van der Waals surface area contributed by atoms with E-state index >= 15 is 0 Å². The number of carbonyl (C=O) groups is 1. The van der Waals surface area contributed by atoms with Crippen molar-refractivity contribution in [1.29, 1.82) is 0 Å². The number of aliphatic hydroxyl groups excluding tert-OH is 1. The van der Waals surface area contributed by atoms with Gasteiger partial charge in [0.25, 0.3) is 5.91 Å². The van der Waals surface area contributed by atoms with Crippen LogP contribution in [0.4, 0.5) is 0 Å². The minimum Gasteiger partial charge on any atom is -0.446 e. The quantitative estimate of drug-likeness (QED) is 0.636. The number of nitrogens with two attached hydrogens (primary N) is 1. The first kappa shape index (κ1) is 21.2. The van der Waals surface area contributed by atoms with Crippen molar-refractivity contribution in [2.24, 2.45) is 5.73 Å². The monoisotopic (exact) mass is 420 g/mol. The van der Waals surface area contributed by atoms with Gasteiger partial charge in [0, 0.05) is 26.2 Å². The Morgan fingerprint density at radius 1 is 1.00 bits per heavy atom. The fourth-order valence-electron chi connectivity index (χ4n) is 3.98. The van der Waals surface area contributed by atoms with Gasteiger partial charge in [-0.15, -0.1) is 0 Å². The van der Waals surface area contributed by atoms with Crippen LogP contribution in [0.5, 0.6) is 0 Å². The molecular weight excluding hydrogens is 392 g/mol. The van der Waals surface area contributed by atoms with E-state index in [1.54, 1.807) is 11.8 Å². The third-order valence-corrected chi connectivity index (χ3v) is 5.74. The summed E-state index contributed by atoms with van der Waals surface area (Å²) in [6, 6.07) is 20.3. The van der Waals surface area contributed by atoms with E-state index in [0.717, 1.165) is 13.1 Å². The molecule has 3 aromatic rings. The van der Waals surface area contributed by atoms with Crippen molar-refractivity contribution in [3.05, 3.63) is 89.6 Å². The number of nitrogens with zero attached hydrogens (tertiary/aromatic N) is 3. The Morgan fingerprint density at radius 2 is 1.55 bits per heavy atom. The molecule has 4 rings (SSSR count). The van der Waals surface area contributed by atoms with Gasteiger partial charge in [-0.3, -0.25) is 9.69 Å². The molecule has 3 N–H and O–H groups in total. The molecule has 2 aromatic carbocycles. The lowest BCUT2D eigenvalue weighted by Crippen LogP contribution is -2.50. The van der Waals surface area contributed by atoms with Crippen molar-refractivity contribution in [3.63, 3.8) is 0 Å². The molecule has 7 heteroatoms. The van der Waals surface area contributed by atoms with Crippen LogP contribution >= 0.6 is 0 Å². The third-order valence-electron chi connectivity index (χ3n) is 5.74. The van der Waals surface area contributed by atoms with Crippen LogP contribution in [-0.2, 0) is 0 Å². The number of carbonyl (C=O) groups excluding carboxylic acids is 1. The van der Waals surface area contributed by atoms with Crippen molar-refractivity contribution >= 4 is 5.91 Å². The molecule has 7 nitrogen and oxygen atoms in total. The first-order chi connectivity index (χ1) is 15.0. The van der Waals surface area contributed by atoms with E-state index in [-0.39, 0.29) is 23.5 Å². The molecule has 2 heterocycles. The molecule has 1 fully saturated rings. The molecule has 2 unspecified atom stereocenters. The second-order valence-corrected chi connectivity index (χ2v) is 7.89.